The van der Waals surface area contributed by atoms with E-state index in [2.05, 4.69) is 11.4 Å². The van der Waals surface area contributed by atoms with Crippen LogP contribution in [0, 0.1) is 0 Å². The highest BCUT2D eigenvalue weighted by atomic mass is 16.6. The first-order chi connectivity index (χ1) is 9.83. The molecule has 4 nitrogen and oxygen atoms in total. The lowest BCUT2D eigenvalue weighted by atomic mass is 9.81. The van der Waals surface area contributed by atoms with Crippen LogP contribution in [0.3, 0.4) is 0 Å². The van der Waals surface area contributed by atoms with Gasteiger partial charge < -0.3 is 15.8 Å². The minimum atomic E-state index is -0.452. The molecule has 0 aliphatic heterocycles. The van der Waals surface area contributed by atoms with E-state index in [-0.39, 0.29) is 12.1 Å². The molecule has 2 rings (SSSR count). The molecule has 3 N–H and O–H groups in total. The standard InChI is InChI=1S/C17H26N2O2/c1-17(2,3)21-16(20)19-15-9-5-7-13(11-15)12-6-4-8-14(18)10-12/h4,6,8,10,13,15H,5,7,9,11,18H2,1-3H3,(H,19,20). The maximum Gasteiger partial charge on any atom is 0.407 e. The van der Waals surface area contributed by atoms with Gasteiger partial charge in [0.1, 0.15) is 5.60 Å². The molecule has 0 radical (unpaired) electrons. The van der Waals surface area contributed by atoms with Crippen LogP contribution >= 0.6 is 0 Å². The SMILES string of the molecule is CC(C)(C)OC(=O)NC1CCCC(c2cccc(N)c2)C1. The van der Waals surface area contributed by atoms with Gasteiger partial charge in [-0.05, 0) is 63.6 Å². The lowest BCUT2D eigenvalue weighted by molar-refractivity contribution is 0.0490. The summed E-state index contributed by atoms with van der Waals surface area (Å²) in [6.45, 7) is 5.63. The van der Waals surface area contributed by atoms with Crippen molar-refractivity contribution in [1.82, 2.24) is 5.32 Å². The van der Waals surface area contributed by atoms with Gasteiger partial charge in [-0.15, -0.1) is 0 Å². The number of carbonyl (C=O) groups excluding carboxylic acids is 1. The second-order valence-corrected chi connectivity index (χ2v) is 6.88. The monoisotopic (exact) mass is 290 g/mol. The molecular weight excluding hydrogens is 264 g/mol. The van der Waals surface area contributed by atoms with Gasteiger partial charge in [-0.1, -0.05) is 18.6 Å². The highest BCUT2D eigenvalue weighted by molar-refractivity contribution is 5.68. The summed E-state index contributed by atoms with van der Waals surface area (Å²) in [5.41, 5.74) is 7.48. The number of hydrogen-bond acceptors (Lipinski definition) is 3. The van der Waals surface area contributed by atoms with E-state index in [9.17, 15) is 4.79 Å². The van der Waals surface area contributed by atoms with Crippen molar-refractivity contribution in [2.45, 2.75) is 64.0 Å². The van der Waals surface area contributed by atoms with Gasteiger partial charge in [0.15, 0.2) is 0 Å². The lowest BCUT2D eigenvalue weighted by Gasteiger charge is -2.31. The molecule has 0 saturated heterocycles. The lowest BCUT2D eigenvalue weighted by Crippen LogP contribution is -2.41. The van der Waals surface area contributed by atoms with Crippen LogP contribution in [0.4, 0.5) is 10.5 Å². The maximum atomic E-state index is 11.9. The number of nitrogen functional groups attached to an aromatic ring is 1. The zero-order valence-corrected chi connectivity index (χ0v) is 13.2. The fourth-order valence-corrected chi connectivity index (χ4v) is 2.91. The third-order valence-corrected chi connectivity index (χ3v) is 3.78. The second kappa shape index (κ2) is 6.37. The second-order valence-electron chi connectivity index (χ2n) is 6.88. The molecule has 0 aromatic heterocycles. The Hall–Kier alpha value is -1.71. The van der Waals surface area contributed by atoms with Crippen LogP contribution < -0.4 is 11.1 Å². The number of ether oxygens (including phenoxy) is 1. The number of rotatable bonds is 2. The van der Waals surface area contributed by atoms with Crippen LogP contribution in [0.1, 0.15) is 57.9 Å². The number of anilines is 1. The molecule has 2 atom stereocenters. The van der Waals surface area contributed by atoms with Gasteiger partial charge >= 0.3 is 6.09 Å². The minimum Gasteiger partial charge on any atom is -0.444 e. The largest absolute Gasteiger partial charge is 0.444 e. The van der Waals surface area contributed by atoms with Crippen molar-refractivity contribution >= 4 is 11.8 Å². The smallest absolute Gasteiger partial charge is 0.407 e. The normalized spacial score (nSPS) is 22.6. The molecule has 0 heterocycles. The molecule has 1 saturated carbocycles. The number of alkyl carbamates (subject to hydrolysis) is 1. The molecule has 1 amide bonds. The van der Waals surface area contributed by atoms with Gasteiger partial charge in [0.05, 0.1) is 0 Å². The first kappa shape index (κ1) is 15.7. The third-order valence-electron chi connectivity index (χ3n) is 3.78. The van der Waals surface area contributed by atoms with E-state index in [1.54, 1.807) is 0 Å². The third kappa shape index (κ3) is 4.96. The average molecular weight is 290 g/mol. The Morgan fingerprint density at radius 1 is 1.33 bits per heavy atom. The molecule has 116 valence electrons. The molecule has 1 aliphatic carbocycles. The van der Waals surface area contributed by atoms with Gasteiger partial charge in [0.2, 0.25) is 0 Å². The molecule has 1 aromatic carbocycles. The summed E-state index contributed by atoms with van der Waals surface area (Å²) < 4.78 is 5.33. The number of amides is 1. The average Bonchev–Trinajstić information content (AvgIpc) is 2.36. The highest BCUT2D eigenvalue weighted by Crippen LogP contribution is 2.33. The number of nitrogens with one attached hydrogen (secondary N) is 1. The van der Waals surface area contributed by atoms with E-state index in [4.69, 9.17) is 10.5 Å². The summed E-state index contributed by atoms with van der Waals surface area (Å²) in [4.78, 5) is 11.9. The zero-order chi connectivity index (χ0) is 15.5. The number of nitrogens with two attached hydrogens (primary N) is 1. The van der Waals surface area contributed by atoms with E-state index < -0.39 is 5.60 Å². The molecule has 4 heteroatoms. The summed E-state index contributed by atoms with van der Waals surface area (Å²) in [6.07, 6.45) is 3.90. The van der Waals surface area contributed by atoms with Crippen LogP contribution in [0.15, 0.2) is 24.3 Å². The summed E-state index contributed by atoms with van der Waals surface area (Å²) >= 11 is 0. The summed E-state index contributed by atoms with van der Waals surface area (Å²) in [7, 11) is 0. The van der Waals surface area contributed by atoms with Crippen molar-refractivity contribution in [3.63, 3.8) is 0 Å². The van der Waals surface area contributed by atoms with E-state index in [1.807, 2.05) is 39.0 Å². The van der Waals surface area contributed by atoms with Crippen LogP contribution in [0.25, 0.3) is 0 Å². The van der Waals surface area contributed by atoms with Gasteiger partial charge in [0, 0.05) is 11.7 Å². The first-order valence-corrected chi connectivity index (χ1v) is 7.68. The predicted octanol–water partition coefficient (Wildman–Crippen LogP) is 3.82. The molecular formula is C17H26N2O2. The topological polar surface area (TPSA) is 64.3 Å². The van der Waals surface area contributed by atoms with Crippen LogP contribution in [-0.4, -0.2) is 17.7 Å². The molecule has 1 fully saturated rings. The highest BCUT2D eigenvalue weighted by Gasteiger charge is 2.26. The zero-order valence-electron chi connectivity index (χ0n) is 13.2. The van der Waals surface area contributed by atoms with Gasteiger partial charge in [-0.3, -0.25) is 0 Å². The van der Waals surface area contributed by atoms with Crippen molar-refractivity contribution < 1.29 is 9.53 Å². The van der Waals surface area contributed by atoms with E-state index in [0.717, 1.165) is 31.4 Å². The van der Waals surface area contributed by atoms with E-state index in [0.29, 0.717) is 5.92 Å². The molecule has 1 aromatic rings. The van der Waals surface area contributed by atoms with Gasteiger partial charge in [-0.25, -0.2) is 4.79 Å². The molecule has 21 heavy (non-hydrogen) atoms. The number of carbonyl (C=O) groups is 1. The predicted molar refractivity (Wildman–Crippen MR) is 85.2 cm³/mol. The first-order valence-electron chi connectivity index (χ1n) is 7.68. The Morgan fingerprint density at radius 3 is 2.76 bits per heavy atom. The van der Waals surface area contributed by atoms with Crippen molar-refractivity contribution in [3.8, 4) is 0 Å². The molecule has 0 bridgehead atoms. The summed E-state index contributed by atoms with van der Waals surface area (Å²) in [5.74, 6) is 0.460. The van der Waals surface area contributed by atoms with Crippen LogP contribution in [-0.2, 0) is 4.74 Å². The summed E-state index contributed by atoms with van der Waals surface area (Å²) in [5, 5.41) is 3.00. The number of hydrogen-bond donors (Lipinski definition) is 2. The van der Waals surface area contributed by atoms with Crippen LogP contribution in [0.5, 0.6) is 0 Å². The Morgan fingerprint density at radius 2 is 2.10 bits per heavy atom. The minimum absolute atomic E-state index is 0.181. The number of benzene rings is 1. The maximum absolute atomic E-state index is 11.9. The van der Waals surface area contributed by atoms with Gasteiger partial charge in [0.25, 0.3) is 0 Å². The van der Waals surface area contributed by atoms with Crippen molar-refractivity contribution in [3.05, 3.63) is 29.8 Å². The van der Waals surface area contributed by atoms with Crippen LogP contribution in [0.2, 0.25) is 0 Å². The summed E-state index contributed by atoms with van der Waals surface area (Å²) in [6, 6.07) is 8.25. The van der Waals surface area contributed by atoms with E-state index in [1.165, 1.54) is 5.56 Å². The van der Waals surface area contributed by atoms with Crippen molar-refractivity contribution in [2.75, 3.05) is 5.73 Å². The van der Waals surface area contributed by atoms with E-state index >= 15 is 0 Å². The Bertz CT molecular complexity index is 494. The Kier molecular flexibility index (Phi) is 4.76. The Labute approximate surface area is 127 Å². The quantitative estimate of drug-likeness (QED) is 0.814. The Balaban J connectivity index is 1.93. The van der Waals surface area contributed by atoms with Crippen molar-refractivity contribution in [2.24, 2.45) is 0 Å². The molecule has 2 unspecified atom stereocenters. The fourth-order valence-electron chi connectivity index (χ4n) is 2.91. The molecule has 0 spiro atoms. The van der Waals surface area contributed by atoms with Gasteiger partial charge in [-0.2, -0.15) is 0 Å². The van der Waals surface area contributed by atoms with Crippen molar-refractivity contribution in [1.29, 1.82) is 0 Å². The fraction of sp³-hybridized carbons (Fsp3) is 0.588. The molecule has 1 aliphatic rings.